The molecule has 0 spiro atoms. The van der Waals surface area contributed by atoms with Gasteiger partial charge in [-0.3, -0.25) is 18.7 Å². The molecule has 14 nitrogen and oxygen atoms in total. The fraction of sp³-hybridized carbons (Fsp3) is 0.310. The average molecular weight is 642 g/mol. The van der Waals surface area contributed by atoms with E-state index in [9.17, 15) is 22.8 Å². The number of imidazole rings is 1. The van der Waals surface area contributed by atoms with Crippen LogP contribution in [0.2, 0.25) is 0 Å². The van der Waals surface area contributed by atoms with Crippen molar-refractivity contribution in [1.82, 2.24) is 34.6 Å². The van der Waals surface area contributed by atoms with Crippen molar-refractivity contribution in [2.45, 2.75) is 33.0 Å². The minimum absolute atomic E-state index is 0.0408. The summed E-state index contributed by atoms with van der Waals surface area (Å²) in [5.41, 5.74) is 5.80. The summed E-state index contributed by atoms with van der Waals surface area (Å²) in [7, 11) is 0. The van der Waals surface area contributed by atoms with Crippen LogP contribution in [0.5, 0.6) is 5.75 Å². The van der Waals surface area contributed by atoms with Gasteiger partial charge in [-0.15, -0.1) is 0 Å². The van der Waals surface area contributed by atoms with Crippen molar-refractivity contribution < 1.29 is 36.8 Å². The first-order valence-corrected chi connectivity index (χ1v) is 14.1. The number of nitrogens with zero attached hydrogens (tertiary/aromatic N) is 6. The van der Waals surface area contributed by atoms with Gasteiger partial charge < -0.3 is 30.4 Å². The second-order valence-corrected chi connectivity index (χ2v) is 9.95. The van der Waals surface area contributed by atoms with Gasteiger partial charge in [0, 0.05) is 48.9 Å². The van der Waals surface area contributed by atoms with Gasteiger partial charge in [0.05, 0.1) is 42.9 Å². The summed E-state index contributed by atoms with van der Waals surface area (Å²) < 4.78 is 60.5. The fourth-order valence-electron chi connectivity index (χ4n) is 4.88. The number of benzene rings is 1. The molecule has 4 N–H and O–H groups in total. The Labute approximate surface area is 259 Å². The zero-order valence-corrected chi connectivity index (χ0v) is 24.8. The molecule has 17 heteroatoms. The van der Waals surface area contributed by atoms with Crippen molar-refractivity contribution >= 4 is 29.5 Å². The number of hydrogen-bond acceptors (Lipinski definition) is 11. The Morgan fingerprint density at radius 2 is 2.04 bits per heavy atom. The van der Waals surface area contributed by atoms with Gasteiger partial charge in [0.25, 0.3) is 12.4 Å². The maximum Gasteiger partial charge on any atom is 0.435 e. The molecule has 5 aromatic rings. The molecule has 0 aliphatic rings. The van der Waals surface area contributed by atoms with Crippen LogP contribution in [0.1, 0.15) is 40.0 Å². The van der Waals surface area contributed by atoms with Crippen LogP contribution < -0.4 is 21.1 Å². The maximum absolute atomic E-state index is 14.1. The van der Waals surface area contributed by atoms with E-state index in [4.69, 9.17) is 19.7 Å². The lowest BCUT2D eigenvalue weighted by atomic mass is 10.0. The number of rotatable bonds is 14. The quantitative estimate of drug-likeness (QED) is 0.119. The predicted molar refractivity (Wildman–Crippen MR) is 158 cm³/mol. The highest BCUT2D eigenvalue weighted by Crippen LogP contribution is 2.38. The number of ether oxygens (including phenoxy) is 2. The van der Waals surface area contributed by atoms with Crippen LogP contribution in [0.15, 0.2) is 47.5 Å². The number of carbonyl (C=O) groups excluding carboxylic acids is 2. The maximum atomic E-state index is 14.1. The van der Waals surface area contributed by atoms with Gasteiger partial charge in [-0.05, 0) is 25.5 Å². The number of amides is 1. The SMILES string of the molecule is CCc1c(C(=O)NCCOCCN)ccc(Nc2nccn3c(-c4cn(Cc5cc(C)on5)nc4C(F)(F)F)cnc23)c1OC=O. The minimum Gasteiger partial charge on any atom is -0.426 e. The third-order valence-corrected chi connectivity index (χ3v) is 6.81. The van der Waals surface area contributed by atoms with Crippen molar-refractivity contribution in [1.29, 1.82) is 0 Å². The lowest BCUT2D eigenvalue weighted by Gasteiger charge is -2.17. The van der Waals surface area contributed by atoms with E-state index >= 15 is 0 Å². The molecule has 0 saturated heterocycles. The van der Waals surface area contributed by atoms with Crippen molar-refractivity contribution in [2.75, 3.05) is 31.6 Å². The molecule has 0 saturated carbocycles. The number of nitrogens with one attached hydrogen (secondary N) is 2. The van der Waals surface area contributed by atoms with Gasteiger partial charge in [0.1, 0.15) is 11.5 Å². The first-order chi connectivity index (χ1) is 22.1. The number of anilines is 2. The van der Waals surface area contributed by atoms with Gasteiger partial charge in [0.15, 0.2) is 22.9 Å². The van der Waals surface area contributed by atoms with Gasteiger partial charge >= 0.3 is 6.18 Å². The molecular formula is C29H30F3N9O5. The summed E-state index contributed by atoms with van der Waals surface area (Å²) in [5, 5.41) is 13.4. The van der Waals surface area contributed by atoms with Gasteiger partial charge in [-0.2, -0.15) is 18.3 Å². The van der Waals surface area contributed by atoms with E-state index in [0.29, 0.717) is 36.6 Å². The number of halogens is 3. The highest BCUT2D eigenvalue weighted by molar-refractivity contribution is 5.97. The molecule has 0 bridgehead atoms. The lowest BCUT2D eigenvalue weighted by Crippen LogP contribution is -2.29. The smallest absolute Gasteiger partial charge is 0.426 e. The Bertz CT molecular complexity index is 1850. The fourth-order valence-corrected chi connectivity index (χ4v) is 4.88. The van der Waals surface area contributed by atoms with Crippen molar-refractivity contribution in [3.05, 3.63) is 71.3 Å². The number of hydrogen-bond donors (Lipinski definition) is 3. The predicted octanol–water partition coefficient (Wildman–Crippen LogP) is 3.50. The standard InChI is InChI=1S/C29H30F3N9O5/c1-3-19-20(28(43)35-8-11-44-10-6-33)4-5-22(24(19)45-16-42)37-26-27-36-13-23(41(27)9-7-34-26)21-15-40(38-25(21)29(30,31)32)14-18-12-17(2)46-39-18/h4-5,7,9,12-13,15-16H,3,6,8,10-11,14,33H2,1-2H3,(H,34,37)(H,35,43). The molecule has 4 aromatic heterocycles. The number of aromatic nitrogens is 6. The Hall–Kier alpha value is -5.29. The summed E-state index contributed by atoms with van der Waals surface area (Å²) in [6.07, 6.45) is 0.958. The molecule has 0 aliphatic heterocycles. The highest BCUT2D eigenvalue weighted by Gasteiger charge is 2.38. The number of aryl methyl sites for hydroxylation is 1. The van der Waals surface area contributed by atoms with E-state index in [1.165, 1.54) is 35.3 Å². The molecule has 0 fully saturated rings. The molecule has 0 radical (unpaired) electrons. The number of carbonyl (C=O) groups is 2. The molecule has 4 heterocycles. The van der Waals surface area contributed by atoms with Gasteiger partial charge in [-0.25, -0.2) is 9.97 Å². The first-order valence-electron chi connectivity index (χ1n) is 14.1. The van der Waals surface area contributed by atoms with Crippen LogP contribution in [0.25, 0.3) is 16.9 Å². The van der Waals surface area contributed by atoms with E-state index in [-0.39, 0.29) is 65.9 Å². The average Bonchev–Trinajstić information content (AvgIpc) is 3.76. The van der Waals surface area contributed by atoms with Gasteiger partial charge in [0.2, 0.25) is 0 Å². The highest BCUT2D eigenvalue weighted by atomic mass is 19.4. The second kappa shape index (κ2) is 13.8. The lowest BCUT2D eigenvalue weighted by molar-refractivity contribution is -0.141. The molecular weight excluding hydrogens is 611 g/mol. The zero-order chi connectivity index (χ0) is 32.8. The van der Waals surface area contributed by atoms with Crippen LogP contribution in [-0.4, -0.2) is 68.0 Å². The van der Waals surface area contributed by atoms with E-state index < -0.39 is 17.8 Å². The van der Waals surface area contributed by atoms with E-state index in [0.717, 1.165) is 4.68 Å². The molecule has 1 aromatic carbocycles. The van der Waals surface area contributed by atoms with E-state index in [1.54, 1.807) is 26.0 Å². The van der Waals surface area contributed by atoms with Crippen LogP contribution in [0, 0.1) is 6.92 Å². The van der Waals surface area contributed by atoms with Gasteiger partial charge in [-0.1, -0.05) is 12.1 Å². The Morgan fingerprint density at radius 1 is 1.22 bits per heavy atom. The molecule has 46 heavy (non-hydrogen) atoms. The second-order valence-electron chi connectivity index (χ2n) is 9.95. The van der Waals surface area contributed by atoms with Crippen molar-refractivity contribution in [3.63, 3.8) is 0 Å². The summed E-state index contributed by atoms with van der Waals surface area (Å²) in [4.78, 5) is 33.1. The van der Waals surface area contributed by atoms with E-state index in [1.807, 2.05) is 0 Å². The van der Waals surface area contributed by atoms with Crippen LogP contribution in [0.4, 0.5) is 24.7 Å². The molecule has 242 valence electrons. The Morgan fingerprint density at radius 3 is 2.74 bits per heavy atom. The largest absolute Gasteiger partial charge is 0.435 e. The topological polar surface area (TPSA) is 177 Å². The molecule has 1 amide bonds. The monoisotopic (exact) mass is 641 g/mol. The van der Waals surface area contributed by atoms with Crippen molar-refractivity contribution in [2.24, 2.45) is 5.73 Å². The van der Waals surface area contributed by atoms with Crippen LogP contribution in [-0.2, 0) is 28.7 Å². The minimum atomic E-state index is -4.76. The number of alkyl halides is 3. The molecule has 0 unspecified atom stereocenters. The zero-order valence-electron chi connectivity index (χ0n) is 24.8. The normalized spacial score (nSPS) is 11.6. The molecule has 0 aliphatic carbocycles. The Kier molecular flexibility index (Phi) is 9.62. The molecule has 5 rings (SSSR count). The van der Waals surface area contributed by atoms with Crippen LogP contribution >= 0.6 is 0 Å². The first kappa shape index (κ1) is 32.1. The number of nitrogens with two attached hydrogens (primary N) is 1. The third kappa shape index (κ3) is 6.84. The van der Waals surface area contributed by atoms with Crippen molar-refractivity contribution in [3.8, 4) is 17.0 Å². The summed E-state index contributed by atoms with van der Waals surface area (Å²) in [6.45, 7) is 4.91. The number of fused-ring (bicyclic) bond motifs is 1. The molecule has 0 atom stereocenters. The Balaban J connectivity index is 1.48. The third-order valence-electron chi connectivity index (χ3n) is 6.81. The van der Waals surface area contributed by atoms with Crippen LogP contribution in [0.3, 0.4) is 0 Å². The van der Waals surface area contributed by atoms with E-state index in [2.05, 4.69) is 30.9 Å². The summed E-state index contributed by atoms with van der Waals surface area (Å²) >= 11 is 0. The summed E-state index contributed by atoms with van der Waals surface area (Å²) in [6, 6.07) is 4.70. The summed E-state index contributed by atoms with van der Waals surface area (Å²) in [5.74, 6) is 0.361.